The summed E-state index contributed by atoms with van der Waals surface area (Å²) in [5.74, 6) is 0.707. The van der Waals surface area contributed by atoms with Gasteiger partial charge in [-0.05, 0) is 30.4 Å². The number of hydrogen-bond donors (Lipinski definition) is 0. The smallest absolute Gasteiger partial charge is 0.175 e. The van der Waals surface area contributed by atoms with E-state index in [1.165, 1.54) is 22.2 Å². The summed E-state index contributed by atoms with van der Waals surface area (Å²) in [6, 6.07) is 4.18. The second-order valence-corrected chi connectivity index (χ2v) is 6.14. The normalized spacial score (nSPS) is 17.6. The predicted octanol–water partition coefficient (Wildman–Crippen LogP) is 4.34. The molecule has 2 heterocycles. The second kappa shape index (κ2) is 3.72. The number of carbonyl (C=O) groups excluding carboxylic acids is 1. The first-order valence-corrected chi connectivity index (χ1v) is 7.05. The van der Waals surface area contributed by atoms with Crippen molar-refractivity contribution in [3.05, 3.63) is 22.4 Å². The number of rotatable bonds is 2. The molecule has 1 aliphatic rings. The van der Waals surface area contributed by atoms with Crippen molar-refractivity contribution in [3.8, 4) is 0 Å². The Kier molecular flexibility index (Phi) is 2.37. The molecular weight excluding hydrogens is 224 g/mol. The highest BCUT2D eigenvalue weighted by Crippen LogP contribution is 2.34. The van der Waals surface area contributed by atoms with Gasteiger partial charge in [-0.25, -0.2) is 0 Å². The molecular formula is C12H12OS2. The van der Waals surface area contributed by atoms with Gasteiger partial charge in [0.05, 0.1) is 4.88 Å². The van der Waals surface area contributed by atoms with Crippen molar-refractivity contribution >= 4 is 37.9 Å². The van der Waals surface area contributed by atoms with Gasteiger partial charge in [0.15, 0.2) is 5.78 Å². The lowest BCUT2D eigenvalue weighted by Crippen LogP contribution is -2.08. The molecule has 3 rings (SSSR count). The van der Waals surface area contributed by atoms with Gasteiger partial charge in [0.25, 0.3) is 0 Å². The summed E-state index contributed by atoms with van der Waals surface area (Å²) in [5.41, 5.74) is 0. The lowest BCUT2D eigenvalue weighted by atomic mass is 10.0. The average Bonchev–Trinajstić information content (AvgIpc) is 2.92. The fraction of sp³-hybridized carbons (Fsp3) is 0.417. The number of hydrogen-bond acceptors (Lipinski definition) is 3. The van der Waals surface area contributed by atoms with Crippen LogP contribution in [0.5, 0.6) is 0 Å². The largest absolute Gasteiger partial charge is 0.293 e. The van der Waals surface area contributed by atoms with E-state index in [0.29, 0.717) is 11.7 Å². The molecule has 0 aliphatic heterocycles. The van der Waals surface area contributed by atoms with Crippen molar-refractivity contribution < 1.29 is 4.79 Å². The first-order valence-electron chi connectivity index (χ1n) is 5.36. The van der Waals surface area contributed by atoms with Crippen LogP contribution in [0.3, 0.4) is 0 Å². The van der Waals surface area contributed by atoms with E-state index in [4.69, 9.17) is 0 Å². The van der Waals surface area contributed by atoms with Gasteiger partial charge in [0, 0.05) is 15.3 Å². The summed E-state index contributed by atoms with van der Waals surface area (Å²) in [6.07, 6.45) is 4.67. The fourth-order valence-corrected chi connectivity index (χ4v) is 4.40. The van der Waals surface area contributed by atoms with Crippen molar-refractivity contribution in [1.82, 2.24) is 0 Å². The van der Waals surface area contributed by atoms with Crippen molar-refractivity contribution in [2.24, 2.45) is 5.92 Å². The van der Waals surface area contributed by atoms with E-state index in [9.17, 15) is 4.79 Å². The van der Waals surface area contributed by atoms with Crippen LogP contribution in [0.25, 0.3) is 9.40 Å². The van der Waals surface area contributed by atoms with E-state index in [1.807, 2.05) is 0 Å². The zero-order chi connectivity index (χ0) is 10.3. The maximum Gasteiger partial charge on any atom is 0.175 e. The molecule has 15 heavy (non-hydrogen) atoms. The highest BCUT2D eigenvalue weighted by molar-refractivity contribution is 7.27. The molecule has 0 unspecified atom stereocenters. The van der Waals surface area contributed by atoms with Gasteiger partial charge in [0.2, 0.25) is 0 Å². The molecule has 0 saturated heterocycles. The van der Waals surface area contributed by atoms with Crippen LogP contribution in [0.1, 0.15) is 35.4 Å². The molecule has 1 saturated carbocycles. The summed E-state index contributed by atoms with van der Waals surface area (Å²) in [4.78, 5) is 13.1. The van der Waals surface area contributed by atoms with Gasteiger partial charge in [-0.15, -0.1) is 22.7 Å². The van der Waals surface area contributed by atoms with Crippen LogP contribution in [0.15, 0.2) is 17.5 Å². The van der Waals surface area contributed by atoms with E-state index in [1.54, 1.807) is 22.7 Å². The average molecular weight is 236 g/mol. The number of carbonyl (C=O) groups is 1. The Morgan fingerprint density at radius 2 is 2.07 bits per heavy atom. The summed E-state index contributed by atoms with van der Waals surface area (Å²) in [7, 11) is 0. The zero-order valence-corrected chi connectivity index (χ0v) is 10.00. The molecule has 0 N–H and O–H groups in total. The maximum atomic E-state index is 12.1. The van der Waals surface area contributed by atoms with Crippen molar-refractivity contribution in [1.29, 1.82) is 0 Å². The van der Waals surface area contributed by atoms with Gasteiger partial charge >= 0.3 is 0 Å². The Labute approximate surface area is 96.7 Å². The van der Waals surface area contributed by atoms with Gasteiger partial charge in [-0.2, -0.15) is 0 Å². The van der Waals surface area contributed by atoms with Crippen molar-refractivity contribution in [2.75, 3.05) is 0 Å². The minimum Gasteiger partial charge on any atom is -0.293 e. The molecule has 78 valence electrons. The fourth-order valence-electron chi connectivity index (χ4n) is 2.28. The number of Topliss-reactive ketones (excluding diaryl/α,β-unsaturated/α-hetero) is 1. The minimum atomic E-state index is 0.317. The number of ketones is 1. The van der Waals surface area contributed by atoms with Gasteiger partial charge in [-0.1, -0.05) is 12.8 Å². The predicted molar refractivity (Wildman–Crippen MR) is 66.0 cm³/mol. The van der Waals surface area contributed by atoms with Crippen LogP contribution in [-0.4, -0.2) is 5.78 Å². The van der Waals surface area contributed by atoms with E-state index >= 15 is 0 Å². The molecule has 1 nitrogen and oxygen atoms in total. The molecule has 0 spiro atoms. The summed E-state index contributed by atoms with van der Waals surface area (Å²) >= 11 is 3.39. The van der Waals surface area contributed by atoms with Crippen LogP contribution >= 0.6 is 22.7 Å². The lowest BCUT2D eigenvalue weighted by molar-refractivity contribution is 0.0927. The SMILES string of the molecule is O=C(c1cc2sccc2s1)C1CCCC1. The van der Waals surface area contributed by atoms with Crippen molar-refractivity contribution in [2.45, 2.75) is 25.7 Å². The Morgan fingerprint density at radius 3 is 2.80 bits per heavy atom. The van der Waals surface area contributed by atoms with Gasteiger partial charge in [-0.3, -0.25) is 4.79 Å². The third kappa shape index (κ3) is 1.64. The molecule has 0 amide bonds. The van der Waals surface area contributed by atoms with E-state index in [0.717, 1.165) is 17.7 Å². The van der Waals surface area contributed by atoms with Crippen LogP contribution in [0.4, 0.5) is 0 Å². The highest BCUT2D eigenvalue weighted by atomic mass is 32.1. The molecule has 3 heteroatoms. The zero-order valence-electron chi connectivity index (χ0n) is 8.36. The van der Waals surface area contributed by atoms with Gasteiger partial charge in [0.1, 0.15) is 0 Å². The lowest BCUT2D eigenvalue weighted by Gasteiger charge is -2.04. The maximum absolute atomic E-state index is 12.1. The standard InChI is InChI=1S/C12H12OS2/c13-12(8-3-1-2-4-8)11-7-10-9(15-11)5-6-14-10/h5-8H,1-4H2. The number of thiophene rings is 2. The molecule has 2 aromatic rings. The van der Waals surface area contributed by atoms with Crippen LogP contribution in [0, 0.1) is 5.92 Å². The third-order valence-corrected chi connectivity index (χ3v) is 5.22. The monoisotopic (exact) mass is 236 g/mol. The Bertz CT molecular complexity index is 460. The minimum absolute atomic E-state index is 0.317. The highest BCUT2D eigenvalue weighted by Gasteiger charge is 2.25. The van der Waals surface area contributed by atoms with Crippen LogP contribution < -0.4 is 0 Å². The summed E-state index contributed by atoms with van der Waals surface area (Å²) in [6.45, 7) is 0. The number of fused-ring (bicyclic) bond motifs is 1. The molecule has 0 aromatic carbocycles. The Morgan fingerprint density at radius 1 is 1.27 bits per heavy atom. The first kappa shape index (κ1) is 9.55. The van der Waals surface area contributed by atoms with Crippen LogP contribution in [0.2, 0.25) is 0 Å². The molecule has 1 fully saturated rings. The molecule has 1 aliphatic carbocycles. The van der Waals surface area contributed by atoms with E-state index in [-0.39, 0.29) is 0 Å². The first-order chi connectivity index (χ1) is 7.34. The topological polar surface area (TPSA) is 17.1 Å². The van der Waals surface area contributed by atoms with E-state index < -0.39 is 0 Å². The second-order valence-electron chi connectivity index (χ2n) is 4.11. The molecule has 0 radical (unpaired) electrons. The Hall–Kier alpha value is -0.670. The molecule has 2 aromatic heterocycles. The third-order valence-electron chi connectivity index (χ3n) is 3.11. The summed E-state index contributed by atoms with van der Waals surface area (Å²) < 4.78 is 2.53. The Balaban J connectivity index is 1.92. The van der Waals surface area contributed by atoms with Crippen molar-refractivity contribution in [3.63, 3.8) is 0 Å². The quantitative estimate of drug-likeness (QED) is 0.709. The van der Waals surface area contributed by atoms with E-state index in [2.05, 4.69) is 17.5 Å². The summed E-state index contributed by atoms with van der Waals surface area (Å²) in [5, 5.41) is 2.09. The molecule has 0 atom stereocenters. The van der Waals surface area contributed by atoms with Gasteiger partial charge < -0.3 is 0 Å². The molecule has 0 bridgehead atoms. The van der Waals surface area contributed by atoms with Crippen LogP contribution in [-0.2, 0) is 0 Å².